The molecule has 0 radical (unpaired) electrons. The third-order valence-electron chi connectivity index (χ3n) is 1.30. The molecule has 2 nitrogen and oxygen atoms in total. The van der Waals surface area contributed by atoms with Crippen molar-refractivity contribution in [1.29, 1.82) is 0 Å². The van der Waals surface area contributed by atoms with Gasteiger partial charge in [-0.05, 0) is 28.7 Å². The van der Waals surface area contributed by atoms with Gasteiger partial charge in [-0.15, -0.1) is 0 Å². The molecule has 0 N–H and O–H groups in total. The van der Waals surface area contributed by atoms with Crippen LogP contribution in [0.1, 0.15) is 22.5 Å². The van der Waals surface area contributed by atoms with Crippen LogP contribution in [0.5, 0.6) is 0 Å². The average molecular weight is 283 g/mol. The lowest BCUT2D eigenvalue weighted by Gasteiger charge is -2.03. The molecule has 0 fully saturated rings. The summed E-state index contributed by atoms with van der Waals surface area (Å²) in [4.78, 5) is 13.8. The third-order valence-corrected chi connectivity index (χ3v) is 2.24. The third kappa shape index (κ3) is 1.77. The van der Waals surface area contributed by atoms with E-state index in [1.54, 1.807) is 22.6 Å². The molecule has 0 saturated carbocycles. The molecule has 0 aliphatic rings. The van der Waals surface area contributed by atoms with Crippen LogP contribution in [-0.2, 0) is 0 Å². The predicted octanol–water partition coefficient (Wildman–Crippen LogP) is 2.44. The Hall–Kier alpha value is -0.590. The number of pyridine rings is 1. The minimum atomic E-state index is -2.65. The van der Waals surface area contributed by atoms with Gasteiger partial charge in [0.05, 0.1) is 5.56 Å². The number of halogens is 3. The number of hydrogen-bond donors (Lipinski definition) is 0. The Balaban J connectivity index is 3.29. The highest BCUT2D eigenvalue weighted by atomic mass is 127. The standard InChI is InChI=1S/C7H4F2INO/c8-7(9)6-4(10)1-2-11-5(6)3-12/h1-3,7H. The summed E-state index contributed by atoms with van der Waals surface area (Å²) in [5, 5.41) is 0. The molecular formula is C7H4F2INO. The molecule has 0 amide bonds. The van der Waals surface area contributed by atoms with Gasteiger partial charge in [0.2, 0.25) is 0 Å². The minimum Gasteiger partial charge on any atom is -0.296 e. The van der Waals surface area contributed by atoms with Gasteiger partial charge in [-0.2, -0.15) is 0 Å². The highest BCUT2D eigenvalue weighted by Crippen LogP contribution is 2.25. The van der Waals surface area contributed by atoms with Crippen molar-refractivity contribution in [3.05, 3.63) is 27.1 Å². The highest BCUT2D eigenvalue weighted by molar-refractivity contribution is 14.1. The second kappa shape index (κ2) is 3.88. The first-order valence-electron chi connectivity index (χ1n) is 3.04. The summed E-state index contributed by atoms with van der Waals surface area (Å²) in [6, 6.07) is 1.44. The summed E-state index contributed by atoms with van der Waals surface area (Å²) in [5.74, 6) is 0. The fraction of sp³-hybridized carbons (Fsp3) is 0.143. The molecule has 12 heavy (non-hydrogen) atoms. The molecule has 0 bridgehead atoms. The van der Waals surface area contributed by atoms with Crippen molar-refractivity contribution < 1.29 is 13.6 Å². The van der Waals surface area contributed by atoms with Gasteiger partial charge in [-0.1, -0.05) is 0 Å². The molecule has 1 aromatic heterocycles. The van der Waals surface area contributed by atoms with Crippen molar-refractivity contribution in [1.82, 2.24) is 4.98 Å². The Labute approximate surface area is 81.1 Å². The average Bonchev–Trinajstić information content (AvgIpc) is 2.03. The van der Waals surface area contributed by atoms with E-state index in [0.29, 0.717) is 9.86 Å². The summed E-state index contributed by atoms with van der Waals surface area (Å²) in [5.41, 5.74) is -0.468. The number of carbonyl (C=O) groups excluding carboxylic acids is 1. The van der Waals surface area contributed by atoms with Crippen molar-refractivity contribution in [2.24, 2.45) is 0 Å². The van der Waals surface area contributed by atoms with E-state index in [2.05, 4.69) is 4.98 Å². The summed E-state index contributed by atoms with van der Waals surface area (Å²) in [6.07, 6.45) is -0.980. The van der Waals surface area contributed by atoms with Crippen LogP contribution in [0, 0.1) is 3.57 Å². The van der Waals surface area contributed by atoms with Gasteiger partial charge >= 0.3 is 0 Å². The van der Waals surface area contributed by atoms with Crippen LogP contribution in [0.15, 0.2) is 12.3 Å². The normalized spacial score (nSPS) is 10.3. The van der Waals surface area contributed by atoms with Crippen molar-refractivity contribution in [3.8, 4) is 0 Å². The maximum absolute atomic E-state index is 12.3. The smallest absolute Gasteiger partial charge is 0.267 e. The summed E-state index contributed by atoms with van der Waals surface area (Å²) < 4.78 is 24.9. The van der Waals surface area contributed by atoms with E-state index in [0.717, 1.165) is 0 Å². The van der Waals surface area contributed by atoms with Gasteiger partial charge in [-0.25, -0.2) is 8.78 Å². The number of rotatable bonds is 2. The monoisotopic (exact) mass is 283 g/mol. The zero-order chi connectivity index (χ0) is 9.14. The Morgan fingerprint density at radius 2 is 2.25 bits per heavy atom. The molecule has 0 aliphatic carbocycles. The van der Waals surface area contributed by atoms with Crippen molar-refractivity contribution in [2.75, 3.05) is 0 Å². The van der Waals surface area contributed by atoms with Gasteiger partial charge in [0, 0.05) is 9.77 Å². The van der Waals surface area contributed by atoms with Gasteiger partial charge in [0.1, 0.15) is 5.69 Å². The highest BCUT2D eigenvalue weighted by Gasteiger charge is 2.16. The van der Waals surface area contributed by atoms with Crippen LogP contribution in [-0.4, -0.2) is 11.3 Å². The SMILES string of the molecule is O=Cc1nccc(I)c1C(F)F. The van der Waals surface area contributed by atoms with Crippen molar-refractivity contribution in [2.45, 2.75) is 6.43 Å². The first kappa shape index (κ1) is 9.50. The Morgan fingerprint density at radius 1 is 1.58 bits per heavy atom. The fourth-order valence-electron chi connectivity index (χ4n) is 0.775. The molecule has 0 aliphatic heterocycles. The Morgan fingerprint density at radius 3 is 2.67 bits per heavy atom. The number of aromatic nitrogens is 1. The quantitative estimate of drug-likeness (QED) is 0.616. The molecule has 0 aromatic carbocycles. The lowest BCUT2D eigenvalue weighted by molar-refractivity contribution is 0.110. The van der Waals surface area contributed by atoms with E-state index in [4.69, 9.17) is 0 Å². The number of aldehydes is 1. The van der Waals surface area contributed by atoms with E-state index in [1.165, 1.54) is 12.3 Å². The molecule has 1 aromatic rings. The van der Waals surface area contributed by atoms with Crippen LogP contribution < -0.4 is 0 Å². The topological polar surface area (TPSA) is 30.0 Å². The van der Waals surface area contributed by atoms with Crippen LogP contribution in [0.25, 0.3) is 0 Å². The second-order valence-electron chi connectivity index (χ2n) is 2.01. The maximum atomic E-state index is 12.3. The Bertz CT molecular complexity index is 303. The zero-order valence-corrected chi connectivity index (χ0v) is 7.96. The van der Waals surface area contributed by atoms with E-state index >= 15 is 0 Å². The first-order valence-corrected chi connectivity index (χ1v) is 4.12. The molecule has 0 spiro atoms. The fourth-order valence-corrected chi connectivity index (χ4v) is 1.45. The van der Waals surface area contributed by atoms with Crippen LogP contribution >= 0.6 is 22.6 Å². The van der Waals surface area contributed by atoms with Crippen molar-refractivity contribution in [3.63, 3.8) is 0 Å². The van der Waals surface area contributed by atoms with Gasteiger partial charge in [0.15, 0.2) is 6.29 Å². The second-order valence-corrected chi connectivity index (χ2v) is 3.17. The molecule has 1 heterocycles. The van der Waals surface area contributed by atoms with Gasteiger partial charge in [-0.3, -0.25) is 9.78 Å². The Kier molecular flexibility index (Phi) is 3.07. The van der Waals surface area contributed by atoms with Crippen LogP contribution in [0.4, 0.5) is 8.78 Å². The minimum absolute atomic E-state index is 0.183. The number of alkyl halides is 2. The zero-order valence-electron chi connectivity index (χ0n) is 5.80. The predicted molar refractivity (Wildman–Crippen MR) is 47.3 cm³/mol. The van der Waals surface area contributed by atoms with Crippen LogP contribution in [0.2, 0.25) is 0 Å². The van der Waals surface area contributed by atoms with E-state index in [1.807, 2.05) is 0 Å². The van der Waals surface area contributed by atoms with E-state index < -0.39 is 6.43 Å². The molecular weight excluding hydrogens is 279 g/mol. The van der Waals surface area contributed by atoms with Crippen molar-refractivity contribution >= 4 is 28.9 Å². The lowest BCUT2D eigenvalue weighted by atomic mass is 10.2. The first-order chi connectivity index (χ1) is 5.66. The number of hydrogen-bond acceptors (Lipinski definition) is 2. The molecule has 1 rings (SSSR count). The molecule has 0 unspecified atom stereocenters. The summed E-state index contributed by atoms with van der Waals surface area (Å²) in [7, 11) is 0. The molecule has 0 atom stereocenters. The summed E-state index contributed by atoms with van der Waals surface area (Å²) in [6.45, 7) is 0. The lowest BCUT2D eigenvalue weighted by Crippen LogP contribution is -1.99. The van der Waals surface area contributed by atoms with Gasteiger partial charge < -0.3 is 0 Å². The summed E-state index contributed by atoms with van der Waals surface area (Å²) >= 11 is 1.75. The molecule has 5 heteroatoms. The van der Waals surface area contributed by atoms with Crippen LogP contribution in [0.3, 0.4) is 0 Å². The number of carbonyl (C=O) groups is 1. The van der Waals surface area contributed by atoms with E-state index in [9.17, 15) is 13.6 Å². The van der Waals surface area contributed by atoms with Gasteiger partial charge in [0.25, 0.3) is 6.43 Å². The molecule has 64 valence electrons. The largest absolute Gasteiger partial charge is 0.296 e. The van der Waals surface area contributed by atoms with E-state index in [-0.39, 0.29) is 11.3 Å². The molecule has 0 saturated heterocycles. The number of nitrogens with zero attached hydrogens (tertiary/aromatic N) is 1. The maximum Gasteiger partial charge on any atom is 0.267 e.